The lowest BCUT2D eigenvalue weighted by molar-refractivity contribution is -0.122. The molecule has 2 N–H and O–H groups in total. The quantitative estimate of drug-likeness (QED) is 0.488. The number of pyridine rings is 2. The van der Waals surface area contributed by atoms with Crippen molar-refractivity contribution in [2.24, 2.45) is 0 Å². The van der Waals surface area contributed by atoms with Gasteiger partial charge in [-0.3, -0.25) is 9.78 Å². The van der Waals surface area contributed by atoms with E-state index in [1.54, 1.807) is 12.3 Å². The molecule has 0 spiro atoms. The summed E-state index contributed by atoms with van der Waals surface area (Å²) in [5, 5.41) is 7.93. The summed E-state index contributed by atoms with van der Waals surface area (Å²) >= 11 is 0. The van der Waals surface area contributed by atoms with Crippen molar-refractivity contribution in [1.29, 1.82) is 0 Å². The summed E-state index contributed by atoms with van der Waals surface area (Å²) in [6.07, 6.45) is 8.98. The molecule has 160 valence electrons. The lowest BCUT2D eigenvalue weighted by Crippen LogP contribution is -2.41. The van der Waals surface area contributed by atoms with Gasteiger partial charge in [0.05, 0.1) is 23.9 Å². The Morgan fingerprint density at radius 2 is 1.97 bits per heavy atom. The summed E-state index contributed by atoms with van der Waals surface area (Å²) in [4.78, 5) is 27.2. The number of nitrogens with one attached hydrogen (secondary N) is 1. The molecule has 0 saturated heterocycles. The fraction of sp³-hybridized carbons (Fsp3) is 0.273. The fourth-order valence-corrected chi connectivity index (χ4v) is 3.98. The largest absolute Gasteiger partial charge is 0.483 e. The highest BCUT2D eigenvalue weighted by Crippen LogP contribution is 2.42. The predicted octanol–water partition coefficient (Wildman–Crippen LogP) is 3.59. The third-order valence-corrected chi connectivity index (χ3v) is 5.69. The average Bonchev–Trinajstić information content (AvgIpc) is 3.35. The minimum atomic E-state index is -0.352. The van der Waals surface area contributed by atoms with Crippen molar-refractivity contribution in [3.8, 4) is 22.6 Å². The molecule has 1 saturated carbocycles. The second-order valence-corrected chi connectivity index (χ2v) is 7.66. The van der Waals surface area contributed by atoms with Crippen molar-refractivity contribution < 1.29 is 14.3 Å². The maximum Gasteiger partial charge on any atom is 0.290 e. The van der Waals surface area contributed by atoms with Gasteiger partial charge in [0.15, 0.2) is 0 Å². The number of carboxylic acid groups (broad SMARTS) is 1. The van der Waals surface area contributed by atoms with Crippen LogP contribution in [0.25, 0.3) is 33.7 Å². The Bertz CT molecular complexity index is 1180. The number of halogens is 1. The van der Waals surface area contributed by atoms with Gasteiger partial charge in [0.1, 0.15) is 17.2 Å². The zero-order valence-electron chi connectivity index (χ0n) is 17.2. The highest BCUT2D eigenvalue weighted by Gasteiger charge is 2.34. The Morgan fingerprint density at radius 1 is 1.19 bits per heavy atom. The SMILES string of the molecule is CN(C)C1CC(n2cnc(-c3ccc(F)cn3)c2-c2ccnc3[nH]ccc23)C1.O=CO. The monoisotopic (exact) mass is 422 g/mol. The highest BCUT2D eigenvalue weighted by molar-refractivity contribution is 5.95. The van der Waals surface area contributed by atoms with E-state index in [4.69, 9.17) is 14.9 Å². The van der Waals surface area contributed by atoms with Crippen LogP contribution in [0.2, 0.25) is 0 Å². The van der Waals surface area contributed by atoms with Gasteiger partial charge in [0.25, 0.3) is 6.47 Å². The molecule has 5 rings (SSSR count). The normalized spacial score (nSPS) is 17.8. The van der Waals surface area contributed by atoms with Crippen LogP contribution in [0.1, 0.15) is 18.9 Å². The number of aromatic amines is 1. The lowest BCUT2D eigenvalue weighted by atomic mass is 9.85. The minimum Gasteiger partial charge on any atom is -0.483 e. The van der Waals surface area contributed by atoms with Gasteiger partial charge in [-0.2, -0.15) is 0 Å². The van der Waals surface area contributed by atoms with Crippen LogP contribution in [0.4, 0.5) is 4.39 Å². The van der Waals surface area contributed by atoms with E-state index in [1.165, 1.54) is 12.3 Å². The molecule has 31 heavy (non-hydrogen) atoms. The van der Waals surface area contributed by atoms with Crippen molar-refractivity contribution in [2.45, 2.75) is 24.9 Å². The van der Waals surface area contributed by atoms with E-state index in [1.807, 2.05) is 24.7 Å². The van der Waals surface area contributed by atoms with Gasteiger partial charge >= 0.3 is 0 Å². The zero-order chi connectivity index (χ0) is 22.0. The number of hydrogen-bond acceptors (Lipinski definition) is 5. The summed E-state index contributed by atoms with van der Waals surface area (Å²) in [5.74, 6) is -0.352. The van der Waals surface area contributed by atoms with E-state index in [-0.39, 0.29) is 12.3 Å². The summed E-state index contributed by atoms with van der Waals surface area (Å²) in [6.45, 7) is -0.250. The molecule has 0 bridgehead atoms. The molecule has 0 aliphatic heterocycles. The van der Waals surface area contributed by atoms with Crippen LogP contribution in [0, 0.1) is 5.82 Å². The molecule has 8 nitrogen and oxygen atoms in total. The van der Waals surface area contributed by atoms with E-state index < -0.39 is 0 Å². The molecular weight excluding hydrogens is 399 g/mol. The molecule has 9 heteroatoms. The Morgan fingerprint density at radius 3 is 2.65 bits per heavy atom. The Labute approximate surface area is 178 Å². The molecule has 1 aliphatic rings. The molecule has 0 radical (unpaired) electrons. The summed E-state index contributed by atoms with van der Waals surface area (Å²) < 4.78 is 15.7. The second-order valence-electron chi connectivity index (χ2n) is 7.66. The molecule has 1 aliphatic carbocycles. The van der Waals surface area contributed by atoms with Gasteiger partial charge < -0.3 is 19.6 Å². The van der Waals surface area contributed by atoms with Gasteiger partial charge in [-0.1, -0.05) is 0 Å². The molecule has 0 unspecified atom stereocenters. The molecule has 4 heterocycles. The first-order chi connectivity index (χ1) is 15.0. The van der Waals surface area contributed by atoms with Gasteiger partial charge in [-0.25, -0.2) is 14.4 Å². The first-order valence-electron chi connectivity index (χ1n) is 9.89. The van der Waals surface area contributed by atoms with Gasteiger partial charge in [0.2, 0.25) is 0 Å². The third-order valence-electron chi connectivity index (χ3n) is 5.69. The average molecular weight is 422 g/mol. The zero-order valence-corrected chi connectivity index (χ0v) is 17.2. The number of nitrogens with zero attached hydrogens (tertiary/aromatic N) is 5. The summed E-state index contributed by atoms with van der Waals surface area (Å²) in [7, 11) is 4.24. The smallest absolute Gasteiger partial charge is 0.290 e. The number of carbonyl (C=O) groups is 1. The number of rotatable bonds is 4. The van der Waals surface area contributed by atoms with Crippen LogP contribution in [0.5, 0.6) is 0 Å². The van der Waals surface area contributed by atoms with Gasteiger partial charge in [0, 0.05) is 35.4 Å². The molecule has 1 fully saturated rings. The van der Waals surface area contributed by atoms with E-state index in [0.29, 0.717) is 17.8 Å². The second kappa shape index (κ2) is 8.65. The topological polar surface area (TPSA) is 99.9 Å². The van der Waals surface area contributed by atoms with Crippen LogP contribution < -0.4 is 0 Å². The number of hydrogen-bond donors (Lipinski definition) is 2. The molecule has 4 aromatic rings. The third kappa shape index (κ3) is 3.91. The standard InChI is InChI=1S/C21H21FN6.CH2O2/c1-27(2)14-9-15(10-14)28-12-26-19(18-4-3-13(22)11-25-18)20(28)16-5-7-23-21-17(16)6-8-24-21;2-1-3/h3-8,11-12,14-15H,9-10H2,1-2H3,(H,23,24);1H,(H,2,3). The van der Waals surface area contributed by atoms with Crippen LogP contribution in [0.15, 0.2) is 49.2 Å². The van der Waals surface area contributed by atoms with E-state index in [2.05, 4.69) is 38.5 Å². The maximum absolute atomic E-state index is 13.4. The first kappa shape index (κ1) is 20.7. The Hall–Kier alpha value is -3.59. The minimum absolute atomic E-state index is 0.250. The lowest BCUT2D eigenvalue weighted by Gasteiger charge is -2.41. The van der Waals surface area contributed by atoms with Crippen LogP contribution in [-0.4, -0.2) is 61.1 Å². The Kier molecular flexibility index (Phi) is 5.77. The van der Waals surface area contributed by atoms with Crippen LogP contribution >= 0.6 is 0 Å². The fourth-order valence-electron chi connectivity index (χ4n) is 3.98. The van der Waals surface area contributed by atoms with E-state index in [9.17, 15) is 4.39 Å². The van der Waals surface area contributed by atoms with Crippen molar-refractivity contribution in [1.82, 2.24) is 29.4 Å². The molecular formula is C22H23FN6O2. The molecule has 4 aromatic heterocycles. The number of fused-ring (bicyclic) bond motifs is 1. The van der Waals surface area contributed by atoms with Gasteiger partial charge in [-0.05, 0) is 51.2 Å². The van der Waals surface area contributed by atoms with Crippen molar-refractivity contribution >= 4 is 17.5 Å². The first-order valence-corrected chi connectivity index (χ1v) is 9.89. The van der Waals surface area contributed by atoms with Crippen LogP contribution in [0.3, 0.4) is 0 Å². The number of imidazole rings is 1. The molecule has 0 atom stereocenters. The molecule has 0 amide bonds. The van der Waals surface area contributed by atoms with E-state index in [0.717, 1.165) is 40.8 Å². The predicted molar refractivity (Wildman–Crippen MR) is 115 cm³/mol. The molecule has 0 aromatic carbocycles. The van der Waals surface area contributed by atoms with Crippen molar-refractivity contribution in [3.63, 3.8) is 0 Å². The Balaban J connectivity index is 0.000000730. The summed E-state index contributed by atoms with van der Waals surface area (Å²) in [5.41, 5.74) is 4.33. The number of aromatic nitrogens is 5. The van der Waals surface area contributed by atoms with Crippen LogP contribution in [-0.2, 0) is 4.79 Å². The van der Waals surface area contributed by atoms with Crippen molar-refractivity contribution in [2.75, 3.05) is 14.1 Å². The maximum atomic E-state index is 13.4. The van der Waals surface area contributed by atoms with Crippen molar-refractivity contribution in [3.05, 3.63) is 55.0 Å². The number of H-pyrrole nitrogens is 1. The summed E-state index contributed by atoms with van der Waals surface area (Å²) in [6, 6.07) is 8.11. The van der Waals surface area contributed by atoms with E-state index >= 15 is 0 Å². The van der Waals surface area contributed by atoms with Gasteiger partial charge in [-0.15, -0.1) is 0 Å². The highest BCUT2D eigenvalue weighted by atomic mass is 19.1.